The molecule has 1 atom stereocenters. The van der Waals surface area contributed by atoms with Crippen molar-refractivity contribution >= 4 is 21.9 Å². The molecule has 1 amide bonds. The summed E-state index contributed by atoms with van der Waals surface area (Å²) in [6.07, 6.45) is 2.31. The zero-order valence-electron chi connectivity index (χ0n) is 18.6. The van der Waals surface area contributed by atoms with Crippen LogP contribution in [0.3, 0.4) is 0 Å². The van der Waals surface area contributed by atoms with E-state index in [2.05, 4.69) is 38.8 Å². The van der Waals surface area contributed by atoms with Gasteiger partial charge in [0, 0.05) is 17.8 Å². The Labute approximate surface area is 192 Å². The molecule has 0 aliphatic carbocycles. The standard InChI is InChI=1S/C23H25N5O4S/c1-14(2)10-17-13-32-20-12-19(21-15(3)6-5-9-24-21)26-23(27-20)28-33(30,31)18-8-4-7-16(11-18)22(29)25-17/h4-9,11-12,14,17H,10,13H2,1-3H3,(H,25,29)(H,26,27,28)/t17-/m1/s1. The molecule has 3 aromatic rings. The molecule has 0 radical (unpaired) electrons. The molecule has 0 unspecified atom stereocenters. The monoisotopic (exact) mass is 467 g/mol. The van der Waals surface area contributed by atoms with Crippen molar-refractivity contribution in [2.75, 3.05) is 11.3 Å². The number of nitrogens with zero attached hydrogens (tertiary/aromatic N) is 3. The number of ether oxygens (including phenoxy) is 1. The lowest BCUT2D eigenvalue weighted by atomic mass is 10.0. The molecule has 1 aromatic carbocycles. The normalized spacial score (nSPS) is 17.6. The van der Waals surface area contributed by atoms with Gasteiger partial charge in [-0.05, 0) is 49.1 Å². The summed E-state index contributed by atoms with van der Waals surface area (Å²) in [5.41, 5.74) is 2.11. The molecule has 1 aliphatic heterocycles. The number of fused-ring (bicyclic) bond motifs is 4. The predicted molar refractivity (Wildman–Crippen MR) is 123 cm³/mol. The Hall–Kier alpha value is -3.53. The van der Waals surface area contributed by atoms with E-state index >= 15 is 0 Å². The number of sulfonamides is 1. The Morgan fingerprint density at radius 1 is 1.15 bits per heavy atom. The molecule has 3 heterocycles. The van der Waals surface area contributed by atoms with E-state index in [0.717, 1.165) is 5.56 Å². The number of hydrogen-bond acceptors (Lipinski definition) is 7. The van der Waals surface area contributed by atoms with Crippen LogP contribution in [-0.2, 0) is 10.0 Å². The molecule has 1 aliphatic rings. The number of anilines is 1. The number of aryl methyl sites for hydroxylation is 1. The minimum Gasteiger partial charge on any atom is -0.475 e. The number of benzene rings is 1. The van der Waals surface area contributed by atoms with Gasteiger partial charge in [-0.25, -0.2) is 18.1 Å². The van der Waals surface area contributed by atoms with Gasteiger partial charge >= 0.3 is 0 Å². The van der Waals surface area contributed by atoms with Gasteiger partial charge in [0.2, 0.25) is 11.8 Å². The van der Waals surface area contributed by atoms with Crippen molar-refractivity contribution in [1.29, 1.82) is 0 Å². The fourth-order valence-corrected chi connectivity index (χ4v) is 4.59. The highest BCUT2D eigenvalue weighted by Gasteiger charge is 2.23. The molecule has 9 nitrogen and oxygen atoms in total. The van der Waals surface area contributed by atoms with Crippen molar-refractivity contribution in [3.8, 4) is 17.3 Å². The minimum atomic E-state index is -4.05. The lowest BCUT2D eigenvalue weighted by Crippen LogP contribution is -2.40. The van der Waals surface area contributed by atoms with Crippen LogP contribution < -0.4 is 14.8 Å². The van der Waals surface area contributed by atoms with E-state index in [1.807, 2.05) is 19.1 Å². The highest BCUT2D eigenvalue weighted by Crippen LogP contribution is 2.25. The maximum absolute atomic E-state index is 13.0. The molecule has 0 fully saturated rings. The van der Waals surface area contributed by atoms with Crippen LogP contribution in [0.15, 0.2) is 53.6 Å². The van der Waals surface area contributed by atoms with Crippen molar-refractivity contribution < 1.29 is 17.9 Å². The molecular formula is C23H25N5O4S. The van der Waals surface area contributed by atoms with E-state index in [9.17, 15) is 13.2 Å². The average molecular weight is 468 g/mol. The van der Waals surface area contributed by atoms with Crippen molar-refractivity contribution in [3.63, 3.8) is 0 Å². The first-order valence-corrected chi connectivity index (χ1v) is 12.1. The number of amides is 1. The molecule has 2 N–H and O–H groups in total. The fraction of sp³-hybridized carbons (Fsp3) is 0.304. The van der Waals surface area contributed by atoms with Crippen LogP contribution in [0.5, 0.6) is 5.88 Å². The zero-order chi connectivity index (χ0) is 23.6. The smallest absolute Gasteiger partial charge is 0.264 e. The first kappa shape index (κ1) is 22.7. The first-order valence-electron chi connectivity index (χ1n) is 10.6. The Morgan fingerprint density at radius 2 is 1.97 bits per heavy atom. The Kier molecular flexibility index (Phi) is 6.28. The van der Waals surface area contributed by atoms with Gasteiger partial charge in [0.05, 0.1) is 22.3 Å². The van der Waals surface area contributed by atoms with E-state index in [1.165, 1.54) is 18.2 Å². The van der Waals surface area contributed by atoms with Gasteiger partial charge in [0.25, 0.3) is 15.9 Å². The number of hydrogen-bond donors (Lipinski definition) is 2. The molecule has 33 heavy (non-hydrogen) atoms. The summed E-state index contributed by atoms with van der Waals surface area (Å²) in [6.45, 7) is 6.15. The average Bonchev–Trinajstić information content (AvgIpc) is 2.76. The van der Waals surface area contributed by atoms with Crippen LogP contribution in [-0.4, -0.2) is 41.9 Å². The third-order valence-electron chi connectivity index (χ3n) is 5.11. The van der Waals surface area contributed by atoms with E-state index in [4.69, 9.17) is 4.74 Å². The molecule has 0 saturated carbocycles. The summed E-state index contributed by atoms with van der Waals surface area (Å²) in [4.78, 5) is 25.8. The van der Waals surface area contributed by atoms with Gasteiger partial charge in [-0.2, -0.15) is 4.98 Å². The van der Waals surface area contributed by atoms with Gasteiger partial charge in [-0.1, -0.05) is 26.0 Å². The molecule has 4 rings (SSSR count). The van der Waals surface area contributed by atoms with E-state index in [-0.39, 0.29) is 40.8 Å². The second kappa shape index (κ2) is 9.14. The van der Waals surface area contributed by atoms with Gasteiger partial charge in [-0.15, -0.1) is 0 Å². The van der Waals surface area contributed by atoms with E-state index in [1.54, 1.807) is 18.3 Å². The van der Waals surface area contributed by atoms with Crippen LogP contribution in [0, 0.1) is 12.8 Å². The van der Waals surface area contributed by atoms with Crippen LogP contribution >= 0.6 is 0 Å². The number of nitrogens with one attached hydrogen (secondary N) is 2. The second-order valence-electron chi connectivity index (χ2n) is 8.33. The Bertz CT molecular complexity index is 1290. The van der Waals surface area contributed by atoms with Gasteiger partial charge in [0.15, 0.2) is 0 Å². The summed E-state index contributed by atoms with van der Waals surface area (Å²) in [5.74, 6) is -0.0348. The molecule has 0 saturated heterocycles. The topological polar surface area (TPSA) is 123 Å². The third kappa shape index (κ3) is 5.28. The van der Waals surface area contributed by atoms with Gasteiger partial charge in [-0.3, -0.25) is 9.78 Å². The fourth-order valence-electron chi connectivity index (χ4n) is 3.60. The maximum Gasteiger partial charge on any atom is 0.264 e. The first-order chi connectivity index (χ1) is 15.7. The van der Waals surface area contributed by atoms with E-state index in [0.29, 0.717) is 23.7 Å². The Morgan fingerprint density at radius 3 is 2.73 bits per heavy atom. The van der Waals surface area contributed by atoms with Crippen molar-refractivity contribution in [2.24, 2.45) is 5.92 Å². The second-order valence-corrected chi connectivity index (χ2v) is 10.0. The molecule has 10 heteroatoms. The summed E-state index contributed by atoms with van der Waals surface area (Å²) < 4.78 is 34.4. The zero-order valence-corrected chi connectivity index (χ0v) is 19.4. The number of rotatable bonds is 3. The lowest BCUT2D eigenvalue weighted by Gasteiger charge is -2.21. The molecule has 4 bridgehead atoms. The van der Waals surface area contributed by atoms with Crippen LogP contribution in [0.1, 0.15) is 36.2 Å². The van der Waals surface area contributed by atoms with Crippen LogP contribution in [0.25, 0.3) is 11.4 Å². The lowest BCUT2D eigenvalue weighted by molar-refractivity contribution is 0.0913. The molecular weight excluding hydrogens is 442 g/mol. The van der Waals surface area contributed by atoms with Gasteiger partial charge < -0.3 is 10.1 Å². The SMILES string of the molecule is Cc1cccnc1-c1cc2nc(n1)NS(=O)(=O)c1cccc(c1)C(=O)N[C@H](CC(C)C)CO2. The van der Waals surface area contributed by atoms with Crippen LogP contribution in [0.4, 0.5) is 5.95 Å². The molecule has 172 valence electrons. The summed E-state index contributed by atoms with van der Waals surface area (Å²) in [5, 5.41) is 2.95. The predicted octanol–water partition coefficient (Wildman–Crippen LogP) is 3.18. The van der Waals surface area contributed by atoms with Crippen molar-refractivity contribution in [2.45, 2.75) is 38.1 Å². The number of aromatic nitrogens is 3. The van der Waals surface area contributed by atoms with Crippen LogP contribution in [0.2, 0.25) is 0 Å². The van der Waals surface area contributed by atoms with E-state index < -0.39 is 10.0 Å². The third-order valence-corrected chi connectivity index (χ3v) is 6.44. The van der Waals surface area contributed by atoms with Gasteiger partial charge in [0.1, 0.15) is 6.61 Å². The maximum atomic E-state index is 13.0. The Balaban J connectivity index is 1.83. The number of carbonyl (C=O) groups excluding carboxylic acids is 1. The quantitative estimate of drug-likeness (QED) is 0.606. The van der Waals surface area contributed by atoms with Crippen molar-refractivity contribution in [1.82, 2.24) is 20.3 Å². The number of pyridine rings is 1. The number of carbonyl (C=O) groups is 1. The minimum absolute atomic E-state index is 0.0692. The summed E-state index contributed by atoms with van der Waals surface area (Å²) in [7, 11) is -4.05. The molecule has 0 spiro atoms. The largest absolute Gasteiger partial charge is 0.475 e. The highest BCUT2D eigenvalue weighted by molar-refractivity contribution is 7.92. The summed E-state index contributed by atoms with van der Waals surface area (Å²) in [6, 6.07) is 10.8. The molecule has 2 aromatic heterocycles. The van der Waals surface area contributed by atoms with Crippen molar-refractivity contribution in [3.05, 3.63) is 59.8 Å². The summed E-state index contributed by atoms with van der Waals surface area (Å²) >= 11 is 0. The highest BCUT2D eigenvalue weighted by atomic mass is 32.2.